The van der Waals surface area contributed by atoms with Crippen molar-refractivity contribution in [1.29, 1.82) is 0 Å². The third-order valence-electron chi connectivity index (χ3n) is 2.93. The molecule has 0 aliphatic carbocycles. The van der Waals surface area contributed by atoms with Crippen molar-refractivity contribution in [2.75, 3.05) is 11.9 Å². The van der Waals surface area contributed by atoms with Gasteiger partial charge in [-0.3, -0.25) is 4.79 Å². The molecule has 2 aromatic rings. The van der Waals surface area contributed by atoms with Gasteiger partial charge in [0.1, 0.15) is 5.75 Å². The number of benzene rings is 2. The van der Waals surface area contributed by atoms with Gasteiger partial charge in [0.25, 0.3) is 5.91 Å². The van der Waals surface area contributed by atoms with Crippen molar-refractivity contribution >= 4 is 29.2 Å². The summed E-state index contributed by atoms with van der Waals surface area (Å²) >= 11 is 5.80. The molecule has 0 saturated heterocycles. The molecular formula is C16H13ClNO4-. The third-order valence-corrected chi connectivity index (χ3v) is 3.24. The summed E-state index contributed by atoms with van der Waals surface area (Å²) in [6.07, 6.45) is 0. The predicted molar refractivity (Wildman–Crippen MR) is 81.1 cm³/mol. The second-order valence-electron chi connectivity index (χ2n) is 4.58. The topological polar surface area (TPSA) is 78.5 Å². The fourth-order valence-electron chi connectivity index (χ4n) is 1.82. The quantitative estimate of drug-likeness (QED) is 0.915. The zero-order valence-corrected chi connectivity index (χ0v) is 12.5. The molecule has 1 amide bonds. The molecule has 0 unspecified atom stereocenters. The molecule has 114 valence electrons. The van der Waals surface area contributed by atoms with E-state index < -0.39 is 5.97 Å². The molecule has 2 rings (SSSR count). The molecule has 0 atom stereocenters. The van der Waals surface area contributed by atoms with Crippen molar-refractivity contribution in [2.24, 2.45) is 0 Å². The monoisotopic (exact) mass is 318 g/mol. The van der Waals surface area contributed by atoms with Crippen LogP contribution in [0.4, 0.5) is 5.69 Å². The van der Waals surface area contributed by atoms with E-state index in [0.717, 1.165) is 5.56 Å². The zero-order chi connectivity index (χ0) is 16.1. The first kappa shape index (κ1) is 15.9. The molecule has 0 aliphatic rings. The third kappa shape index (κ3) is 3.99. The van der Waals surface area contributed by atoms with Crippen LogP contribution in [0, 0.1) is 6.92 Å². The van der Waals surface area contributed by atoms with Crippen LogP contribution >= 0.6 is 11.6 Å². The fourth-order valence-corrected chi connectivity index (χ4v) is 2.07. The minimum atomic E-state index is -1.37. The van der Waals surface area contributed by atoms with Crippen LogP contribution in [0.1, 0.15) is 15.9 Å². The first-order valence-electron chi connectivity index (χ1n) is 6.46. The van der Waals surface area contributed by atoms with Gasteiger partial charge in [-0.15, -0.1) is 0 Å². The lowest BCUT2D eigenvalue weighted by atomic mass is 10.2. The highest BCUT2D eigenvalue weighted by molar-refractivity contribution is 6.33. The number of carboxylic acid groups (broad SMARTS) is 1. The van der Waals surface area contributed by atoms with Crippen LogP contribution in [0.3, 0.4) is 0 Å². The maximum absolute atomic E-state index is 11.8. The van der Waals surface area contributed by atoms with Gasteiger partial charge in [0, 0.05) is 11.3 Å². The molecule has 0 heterocycles. The number of hydrogen-bond donors (Lipinski definition) is 1. The number of halogens is 1. The van der Waals surface area contributed by atoms with Crippen molar-refractivity contribution in [3.8, 4) is 5.75 Å². The van der Waals surface area contributed by atoms with Crippen LogP contribution in [0.5, 0.6) is 5.75 Å². The molecule has 0 fully saturated rings. The van der Waals surface area contributed by atoms with E-state index in [-0.39, 0.29) is 23.1 Å². The minimum Gasteiger partial charge on any atom is -0.545 e. The second-order valence-corrected chi connectivity index (χ2v) is 4.99. The summed E-state index contributed by atoms with van der Waals surface area (Å²) in [5, 5.41) is 13.3. The number of ether oxygens (including phenoxy) is 1. The van der Waals surface area contributed by atoms with Crippen LogP contribution < -0.4 is 15.2 Å². The average Bonchev–Trinajstić information content (AvgIpc) is 2.46. The van der Waals surface area contributed by atoms with Gasteiger partial charge in [0.05, 0.1) is 11.0 Å². The number of aromatic carboxylic acids is 1. The average molecular weight is 319 g/mol. The number of para-hydroxylation sites is 1. The Labute approximate surface area is 132 Å². The van der Waals surface area contributed by atoms with Crippen LogP contribution in [0.2, 0.25) is 5.02 Å². The van der Waals surface area contributed by atoms with Gasteiger partial charge < -0.3 is 20.0 Å². The van der Waals surface area contributed by atoms with Gasteiger partial charge in [-0.25, -0.2) is 0 Å². The summed E-state index contributed by atoms with van der Waals surface area (Å²) in [4.78, 5) is 22.6. The van der Waals surface area contributed by atoms with Gasteiger partial charge in [-0.1, -0.05) is 29.8 Å². The Balaban J connectivity index is 1.96. The Morgan fingerprint density at radius 2 is 1.95 bits per heavy atom. The van der Waals surface area contributed by atoms with Crippen LogP contribution in [0.15, 0.2) is 42.5 Å². The van der Waals surface area contributed by atoms with Crippen molar-refractivity contribution in [1.82, 2.24) is 0 Å². The highest BCUT2D eigenvalue weighted by Crippen LogP contribution is 2.21. The Hall–Kier alpha value is -2.53. The van der Waals surface area contributed by atoms with E-state index in [4.69, 9.17) is 16.3 Å². The number of anilines is 1. The van der Waals surface area contributed by atoms with Crippen molar-refractivity contribution in [2.45, 2.75) is 6.92 Å². The van der Waals surface area contributed by atoms with E-state index in [1.54, 1.807) is 6.07 Å². The first-order valence-corrected chi connectivity index (χ1v) is 6.84. The molecule has 0 aromatic heterocycles. The summed E-state index contributed by atoms with van der Waals surface area (Å²) in [5.74, 6) is -1.12. The molecule has 0 bridgehead atoms. The highest BCUT2D eigenvalue weighted by atomic mass is 35.5. The standard InChI is InChI=1S/C16H14ClNO4/c1-10-4-2-3-5-14(10)22-9-15(19)18-11-6-7-12(16(20)21)13(17)8-11/h2-8H,9H2,1H3,(H,18,19)(H,20,21)/p-1. The Kier molecular flexibility index (Phi) is 5.01. The molecule has 0 spiro atoms. The number of carboxylic acids is 1. The molecule has 22 heavy (non-hydrogen) atoms. The number of carbonyl (C=O) groups is 2. The summed E-state index contributed by atoms with van der Waals surface area (Å²) in [5.41, 5.74) is 1.18. The molecule has 6 heteroatoms. The van der Waals surface area contributed by atoms with Crippen molar-refractivity contribution < 1.29 is 19.4 Å². The number of hydrogen-bond acceptors (Lipinski definition) is 4. The van der Waals surface area contributed by atoms with E-state index in [9.17, 15) is 14.7 Å². The SMILES string of the molecule is Cc1ccccc1OCC(=O)Nc1ccc(C(=O)[O-])c(Cl)c1. The number of aryl methyl sites for hydroxylation is 1. The van der Waals surface area contributed by atoms with E-state index in [0.29, 0.717) is 11.4 Å². The Bertz CT molecular complexity index is 715. The van der Waals surface area contributed by atoms with Crippen molar-refractivity contribution in [3.63, 3.8) is 0 Å². The van der Waals surface area contributed by atoms with Crippen LogP contribution in [-0.2, 0) is 4.79 Å². The van der Waals surface area contributed by atoms with Crippen molar-refractivity contribution in [3.05, 3.63) is 58.6 Å². The lowest BCUT2D eigenvalue weighted by molar-refractivity contribution is -0.255. The second kappa shape index (κ2) is 6.95. The number of rotatable bonds is 5. The van der Waals surface area contributed by atoms with E-state index in [1.807, 2.05) is 25.1 Å². The maximum Gasteiger partial charge on any atom is 0.262 e. The minimum absolute atomic E-state index is 0.00220. The molecule has 0 aliphatic heterocycles. The highest BCUT2D eigenvalue weighted by Gasteiger charge is 2.07. The van der Waals surface area contributed by atoms with Crippen LogP contribution in [-0.4, -0.2) is 18.5 Å². The smallest absolute Gasteiger partial charge is 0.262 e. The Morgan fingerprint density at radius 1 is 1.23 bits per heavy atom. The predicted octanol–water partition coefficient (Wildman–Crippen LogP) is 2.03. The normalized spacial score (nSPS) is 10.1. The first-order chi connectivity index (χ1) is 10.5. The summed E-state index contributed by atoms with van der Waals surface area (Å²) < 4.78 is 5.41. The molecule has 2 aromatic carbocycles. The molecular weight excluding hydrogens is 306 g/mol. The zero-order valence-electron chi connectivity index (χ0n) is 11.8. The summed E-state index contributed by atoms with van der Waals surface area (Å²) in [7, 11) is 0. The largest absolute Gasteiger partial charge is 0.545 e. The summed E-state index contributed by atoms with van der Waals surface area (Å²) in [6, 6.07) is 11.4. The number of amides is 1. The van der Waals surface area contributed by atoms with E-state index >= 15 is 0 Å². The van der Waals surface area contributed by atoms with Gasteiger partial charge in [0.15, 0.2) is 6.61 Å². The maximum atomic E-state index is 11.8. The number of nitrogens with one attached hydrogen (secondary N) is 1. The fraction of sp³-hybridized carbons (Fsp3) is 0.125. The van der Waals surface area contributed by atoms with E-state index in [1.165, 1.54) is 18.2 Å². The molecule has 5 nitrogen and oxygen atoms in total. The molecule has 0 radical (unpaired) electrons. The summed E-state index contributed by atoms with van der Waals surface area (Å²) in [6.45, 7) is 1.72. The van der Waals surface area contributed by atoms with Crippen LogP contribution in [0.25, 0.3) is 0 Å². The van der Waals surface area contributed by atoms with Gasteiger partial charge in [-0.2, -0.15) is 0 Å². The van der Waals surface area contributed by atoms with Gasteiger partial charge in [0.2, 0.25) is 0 Å². The van der Waals surface area contributed by atoms with Gasteiger partial charge in [-0.05, 0) is 36.8 Å². The Morgan fingerprint density at radius 3 is 2.59 bits per heavy atom. The lowest BCUT2D eigenvalue weighted by Crippen LogP contribution is -2.23. The number of carbonyl (C=O) groups excluding carboxylic acids is 2. The lowest BCUT2D eigenvalue weighted by Gasteiger charge is -2.11. The molecule has 0 saturated carbocycles. The van der Waals surface area contributed by atoms with Gasteiger partial charge >= 0.3 is 0 Å². The van der Waals surface area contributed by atoms with E-state index in [2.05, 4.69) is 5.32 Å². The molecule has 1 N–H and O–H groups in total.